The number of nitriles is 1. The van der Waals surface area contributed by atoms with Crippen molar-refractivity contribution >= 4 is 39.8 Å². The Bertz CT molecular complexity index is 1020. The van der Waals surface area contributed by atoms with Gasteiger partial charge in [-0.15, -0.1) is 0 Å². The van der Waals surface area contributed by atoms with Gasteiger partial charge in [-0.2, -0.15) is 5.26 Å². The smallest absolute Gasteiger partial charge is 0.358 e. The molecule has 0 bridgehead atoms. The van der Waals surface area contributed by atoms with E-state index in [1.165, 1.54) is 39.4 Å². The summed E-state index contributed by atoms with van der Waals surface area (Å²) in [5.41, 5.74) is -0.320. The first kappa shape index (κ1) is 27.9. The molecule has 0 saturated carbocycles. The predicted octanol–water partition coefficient (Wildman–Crippen LogP) is 2.23. The van der Waals surface area contributed by atoms with Crippen LogP contribution in [0.4, 0.5) is 0 Å². The number of halogens is 1. The summed E-state index contributed by atoms with van der Waals surface area (Å²) in [4.78, 5) is 48.3. The highest BCUT2D eigenvalue weighted by atomic mass is 79.9. The van der Waals surface area contributed by atoms with Gasteiger partial charge >= 0.3 is 23.9 Å². The molecule has 13 heteroatoms. The fraction of sp³-hybridized carbons (Fsp3) is 0.211. The number of methoxy groups -OCH3 is 1. The minimum atomic E-state index is -1.29. The van der Waals surface area contributed by atoms with Gasteiger partial charge in [0.1, 0.15) is 6.07 Å². The van der Waals surface area contributed by atoms with E-state index in [2.05, 4.69) is 30.6 Å². The van der Waals surface area contributed by atoms with Crippen LogP contribution in [0.25, 0.3) is 0 Å². The van der Waals surface area contributed by atoms with Gasteiger partial charge < -0.3 is 24.4 Å². The molecule has 0 saturated heterocycles. The number of carboxylic acids is 1. The van der Waals surface area contributed by atoms with Crippen LogP contribution >= 0.6 is 15.9 Å². The molecule has 170 valence electrons. The van der Waals surface area contributed by atoms with Crippen LogP contribution in [0.1, 0.15) is 37.0 Å². The number of aromatic carboxylic acids is 1. The van der Waals surface area contributed by atoms with E-state index < -0.39 is 23.9 Å². The maximum Gasteiger partial charge on any atom is 0.358 e. The third kappa shape index (κ3) is 10.1. The lowest BCUT2D eigenvalue weighted by Gasteiger charge is -2.08. The van der Waals surface area contributed by atoms with Crippen LogP contribution < -0.4 is 9.47 Å². The van der Waals surface area contributed by atoms with Gasteiger partial charge in [-0.25, -0.2) is 14.8 Å². The minimum absolute atomic E-state index is 0.0365. The average molecular weight is 512 g/mol. The second kappa shape index (κ2) is 14.0. The van der Waals surface area contributed by atoms with Gasteiger partial charge in [0.25, 0.3) is 0 Å². The summed E-state index contributed by atoms with van der Waals surface area (Å²) in [6, 6.07) is 4.72. The summed E-state index contributed by atoms with van der Waals surface area (Å²) >= 11 is 3.05. The number of nitrogens with zero attached hydrogens (tertiary/aromatic N) is 3. The molecule has 0 radical (unpaired) electrons. The van der Waals surface area contributed by atoms with Crippen LogP contribution in [0, 0.1) is 11.3 Å². The molecule has 0 aliphatic rings. The molecule has 0 unspecified atom stereocenters. The topological polar surface area (TPSA) is 186 Å². The van der Waals surface area contributed by atoms with Gasteiger partial charge in [-0.3, -0.25) is 14.4 Å². The summed E-state index contributed by atoms with van der Waals surface area (Å²) in [5.74, 6) is -3.18. The lowest BCUT2D eigenvalue weighted by molar-refractivity contribution is -0.156. The molecular formula is C19H18BrN3O9. The van der Waals surface area contributed by atoms with Gasteiger partial charge in [-0.1, -0.05) is 0 Å². The maximum atomic E-state index is 10.8. The quantitative estimate of drug-likeness (QED) is 0.452. The number of rotatable bonds is 3. The number of aromatic nitrogens is 2. The number of hydrogen-bond donors (Lipinski definition) is 2. The highest BCUT2D eigenvalue weighted by molar-refractivity contribution is 9.10. The van der Waals surface area contributed by atoms with Crippen molar-refractivity contribution < 1.29 is 43.6 Å². The summed E-state index contributed by atoms with van der Waals surface area (Å²) in [6.07, 6.45) is 2.71. The zero-order valence-corrected chi connectivity index (χ0v) is 18.9. The summed E-state index contributed by atoms with van der Waals surface area (Å²) in [5, 5.41) is 26.2. The van der Waals surface area contributed by atoms with E-state index in [1.54, 1.807) is 12.1 Å². The van der Waals surface area contributed by atoms with Crippen LogP contribution in [0.5, 0.6) is 17.2 Å². The Balaban J connectivity index is 0.000000489. The van der Waals surface area contributed by atoms with Crippen molar-refractivity contribution in [1.82, 2.24) is 9.97 Å². The van der Waals surface area contributed by atoms with Crippen LogP contribution in [0.3, 0.4) is 0 Å². The first-order chi connectivity index (χ1) is 14.9. The second-order valence-electron chi connectivity index (χ2n) is 5.28. The first-order valence-electron chi connectivity index (χ1n) is 8.31. The van der Waals surface area contributed by atoms with E-state index in [0.29, 0.717) is 4.47 Å². The maximum absolute atomic E-state index is 10.8. The fourth-order valence-corrected chi connectivity index (χ4v) is 2.01. The molecule has 2 aromatic rings. The van der Waals surface area contributed by atoms with E-state index in [9.17, 15) is 19.2 Å². The molecule has 12 nitrogen and oxygen atoms in total. The van der Waals surface area contributed by atoms with Crippen molar-refractivity contribution in [3.8, 4) is 23.3 Å². The Hall–Kier alpha value is -4.05. The van der Waals surface area contributed by atoms with E-state index in [-0.39, 0.29) is 28.6 Å². The number of hydrogen-bond acceptors (Lipinski definition) is 11. The molecule has 32 heavy (non-hydrogen) atoms. The third-order valence-corrected chi connectivity index (χ3v) is 3.44. The Morgan fingerprint density at radius 3 is 1.97 bits per heavy atom. The lowest BCUT2D eigenvalue weighted by Crippen LogP contribution is -2.10. The van der Waals surface area contributed by atoms with Crippen molar-refractivity contribution in [3.63, 3.8) is 0 Å². The van der Waals surface area contributed by atoms with Crippen molar-refractivity contribution in [1.29, 1.82) is 5.26 Å². The van der Waals surface area contributed by atoms with E-state index in [4.69, 9.17) is 24.9 Å². The predicted molar refractivity (Wildman–Crippen MR) is 110 cm³/mol. The molecule has 0 fully saturated rings. The van der Waals surface area contributed by atoms with E-state index >= 15 is 0 Å². The molecule has 0 amide bonds. The number of esters is 3. The molecule has 2 rings (SSSR count). The average Bonchev–Trinajstić information content (AvgIpc) is 2.69. The van der Waals surface area contributed by atoms with Crippen LogP contribution in [-0.4, -0.2) is 51.2 Å². The Labute approximate surface area is 190 Å². The van der Waals surface area contributed by atoms with Crippen molar-refractivity contribution in [2.45, 2.75) is 20.8 Å². The molecule has 0 aromatic carbocycles. The Morgan fingerprint density at radius 1 is 1.03 bits per heavy atom. The van der Waals surface area contributed by atoms with Gasteiger partial charge in [0, 0.05) is 39.2 Å². The highest BCUT2D eigenvalue weighted by Crippen LogP contribution is 2.29. The molecular weight excluding hydrogens is 494 g/mol. The van der Waals surface area contributed by atoms with Crippen molar-refractivity contribution in [2.24, 2.45) is 0 Å². The monoisotopic (exact) mass is 511 g/mol. The summed E-state index contributed by atoms with van der Waals surface area (Å²) in [7, 11) is 1.34. The molecule has 2 heterocycles. The second-order valence-corrected chi connectivity index (χ2v) is 6.13. The van der Waals surface area contributed by atoms with Gasteiger partial charge in [0.15, 0.2) is 22.9 Å². The number of pyridine rings is 2. The molecule has 2 aromatic heterocycles. The lowest BCUT2D eigenvalue weighted by atomic mass is 10.3. The standard InChI is InChI=1S/C9H9NO5.C6H3BrN2O.C4H6O3/c1-5(11)15-8-6(14-2)3-4-10-7(8)9(12)13;7-4-1-2-9-5(3-8)6(4)10;1-3(5)7-4(2)6/h3-4H,1-2H3,(H,12,13);1-2,10H;1-2H3. The molecule has 0 aliphatic carbocycles. The Kier molecular flexibility index (Phi) is 12.3. The van der Waals surface area contributed by atoms with Crippen molar-refractivity contribution in [2.75, 3.05) is 7.11 Å². The highest BCUT2D eigenvalue weighted by Gasteiger charge is 2.19. The normalized spacial score (nSPS) is 8.88. The summed E-state index contributed by atoms with van der Waals surface area (Å²) in [6.45, 7) is 3.53. The molecule has 0 aliphatic heterocycles. The number of ether oxygens (including phenoxy) is 3. The zero-order chi connectivity index (χ0) is 24.8. The van der Waals surface area contributed by atoms with E-state index in [0.717, 1.165) is 6.92 Å². The minimum Gasteiger partial charge on any atom is -0.504 e. The van der Waals surface area contributed by atoms with Gasteiger partial charge in [0.2, 0.25) is 5.75 Å². The third-order valence-electron chi connectivity index (χ3n) is 2.81. The SMILES string of the molecule is CC(=O)OC(C)=O.COc1ccnc(C(=O)O)c1OC(C)=O.N#Cc1nccc(Br)c1O. The van der Waals surface area contributed by atoms with Gasteiger partial charge in [0.05, 0.1) is 11.6 Å². The fourth-order valence-electron chi connectivity index (χ4n) is 1.70. The summed E-state index contributed by atoms with van der Waals surface area (Å²) < 4.78 is 14.0. The molecule has 0 spiro atoms. The van der Waals surface area contributed by atoms with Crippen LogP contribution in [0.2, 0.25) is 0 Å². The number of carbonyl (C=O) groups excluding carboxylic acids is 3. The van der Waals surface area contributed by atoms with Crippen molar-refractivity contribution in [3.05, 3.63) is 40.4 Å². The largest absolute Gasteiger partial charge is 0.504 e. The van der Waals surface area contributed by atoms with Gasteiger partial charge in [-0.05, 0) is 22.0 Å². The van der Waals surface area contributed by atoms with Crippen LogP contribution in [-0.2, 0) is 19.1 Å². The molecule has 0 atom stereocenters. The van der Waals surface area contributed by atoms with Crippen LogP contribution in [0.15, 0.2) is 29.0 Å². The zero-order valence-electron chi connectivity index (χ0n) is 17.3. The molecule has 2 N–H and O–H groups in total. The van der Waals surface area contributed by atoms with E-state index in [1.807, 2.05) is 0 Å². The Morgan fingerprint density at radius 2 is 1.59 bits per heavy atom. The number of aromatic hydroxyl groups is 1. The first-order valence-corrected chi connectivity index (χ1v) is 9.11. The number of carboxylic acid groups (broad SMARTS) is 1. The number of carbonyl (C=O) groups is 4.